The molecule has 1 fully saturated rings. The highest BCUT2D eigenvalue weighted by atomic mass is 16.3. The summed E-state index contributed by atoms with van der Waals surface area (Å²) in [6.07, 6.45) is 9.96. The summed E-state index contributed by atoms with van der Waals surface area (Å²) in [6.45, 7) is 1.66. The molecule has 0 spiro atoms. The molecule has 3 rings (SSSR count). The maximum Gasteiger partial charge on any atom is 0.257 e. The highest BCUT2D eigenvalue weighted by Crippen LogP contribution is 2.22. The van der Waals surface area contributed by atoms with Crippen LogP contribution in [0.1, 0.15) is 28.8 Å². The molecule has 4 nitrogen and oxygen atoms in total. The molecule has 0 N–H and O–H groups in total. The Kier molecular flexibility index (Phi) is 3.81. The van der Waals surface area contributed by atoms with Crippen LogP contribution in [0.25, 0.3) is 0 Å². The number of piperidine rings is 1. The zero-order valence-electron chi connectivity index (χ0n) is 11.4. The monoisotopic (exact) mass is 270 g/mol. The fourth-order valence-corrected chi connectivity index (χ4v) is 2.76. The third kappa shape index (κ3) is 2.90. The standard InChI is InChI=1S/C16H18N2O2/c19-16(15-5-9-20-12-15)18-7-3-13(4-8-18)10-14-2-1-6-17-11-14/h1-2,5-6,9,11-13H,3-4,7-8,10H2. The zero-order valence-corrected chi connectivity index (χ0v) is 11.4. The molecule has 2 aromatic heterocycles. The van der Waals surface area contributed by atoms with E-state index >= 15 is 0 Å². The van der Waals surface area contributed by atoms with Crippen LogP contribution in [0.15, 0.2) is 47.5 Å². The molecule has 104 valence electrons. The number of rotatable bonds is 3. The van der Waals surface area contributed by atoms with Crippen LogP contribution >= 0.6 is 0 Å². The van der Waals surface area contributed by atoms with Gasteiger partial charge in [0.25, 0.3) is 5.91 Å². The second-order valence-electron chi connectivity index (χ2n) is 5.31. The maximum absolute atomic E-state index is 12.2. The Labute approximate surface area is 118 Å². The molecule has 3 heterocycles. The average Bonchev–Trinajstić information content (AvgIpc) is 3.03. The van der Waals surface area contributed by atoms with Crippen molar-refractivity contribution in [1.82, 2.24) is 9.88 Å². The van der Waals surface area contributed by atoms with Crippen LogP contribution in [0.4, 0.5) is 0 Å². The molecular formula is C16H18N2O2. The van der Waals surface area contributed by atoms with E-state index < -0.39 is 0 Å². The van der Waals surface area contributed by atoms with Gasteiger partial charge in [-0.25, -0.2) is 0 Å². The van der Waals surface area contributed by atoms with Crippen LogP contribution in [-0.2, 0) is 6.42 Å². The van der Waals surface area contributed by atoms with Gasteiger partial charge in [0.2, 0.25) is 0 Å². The Balaban J connectivity index is 1.53. The first kappa shape index (κ1) is 12.9. The Bertz CT molecular complexity index is 543. The minimum Gasteiger partial charge on any atom is -0.472 e. The van der Waals surface area contributed by atoms with Gasteiger partial charge in [-0.1, -0.05) is 6.07 Å². The molecule has 0 unspecified atom stereocenters. The van der Waals surface area contributed by atoms with Gasteiger partial charge >= 0.3 is 0 Å². The van der Waals surface area contributed by atoms with E-state index in [1.807, 2.05) is 17.2 Å². The third-order valence-electron chi connectivity index (χ3n) is 3.92. The van der Waals surface area contributed by atoms with Crippen LogP contribution in [0, 0.1) is 5.92 Å². The van der Waals surface area contributed by atoms with Gasteiger partial charge in [-0.05, 0) is 42.9 Å². The van der Waals surface area contributed by atoms with E-state index in [1.165, 1.54) is 11.8 Å². The molecular weight excluding hydrogens is 252 g/mol. The first-order valence-corrected chi connectivity index (χ1v) is 7.03. The molecule has 1 saturated heterocycles. The quantitative estimate of drug-likeness (QED) is 0.861. The molecule has 0 saturated carbocycles. The first-order valence-electron chi connectivity index (χ1n) is 7.03. The predicted octanol–water partition coefficient (Wildman–Crippen LogP) is 2.77. The largest absolute Gasteiger partial charge is 0.472 e. The van der Waals surface area contributed by atoms with Crippen molar-refractivity contribution < 1.29 is 9.21 Å². The molecule has 0 aliphatic carbocycles. The lowest BCUT2D eigenvalue weighted by Gasteiger charge is -2.31. The number of nitrogens with zero attached hydrogens (tertiary/aromatic N) is 2. The van der Waals surface area contributed by atoms with Gasteiger partial charge in [0.1, 0.15) is 6.26 Å². The smallest absolute Gasteiger partial charge is 0.257 e. The topological polar surface area (TPSA) is 46.3 Å². The summed E-state index contributed by atoms with van der Waals surface area (Å²) < 4.78 is 4.97. The van der Waals surface area contributed by atoms with Crippen molar-refractivity contribution in [3.05, 3.63) is 54.2 Å². The zero-order chi connectivity index (χ0) is 13.8. The fraction of sp³-hybridized carbons (Fsp3) is 0.375. The van der Waals surface area contributed by atoms with Crippen molar-refractivity contribution in [3.8, 4) is 0 Å². The first-order chi connectivity index (χ1) is 9.83. The molecule has 0 atom stereocenters. The Morgan fingerprint density at radius 3 is 2.85 bits per heavy atom. The van der Waals surface area contributed by atoms with Crippen LogP contribution in [0.3, 0.4) is 0 Å². The second kappa shape index (κ2) is 5.90. The van der Waals surface area contributed by atoms with E-state index in [4.69, 9.17) is 4.42 Å². The maximum atomic E-state index is 12.2. The van der Waals surface area contributed by atoms with Crippen molar-refractivity contribution in [2.75, 3.05) is 13.1 Å². The van der Waals surface area contributed by atoms with Crippen molar-refractivity contribution in [2.24, 2.45) is 5.92 Å². The number of furan rings is 1. The molecule has 20 heavy (non-hydrogen) atoms. The summed E-state index contributed by atoms with van der Waals surface area (Å²) in [5.74, 6) is 0.728. The summed E-state index contributed by atoms with van der Waals surface area (Å²) in [7, 11) is 0. The lowest BCUT2D eigenvalue weighted by atomic mass is 9.90. The van der Waals surface area contributed by atoms with Crippen LogP contribution in [0.5, 0.6) is 0 Å². The fourth-order valence-electron chi connectivity index (χ4n) is 2.76. The van der Waals surface area contributed by atoms with E-state index in [-0.39, 0.29) is 5.91 Å². The summed E-state index contributed by atoms with van der Waals surface area (Å²) in [5.41, 5.74) is 1.93. The Morgan fingerprint density at radius 2 is 2.20 bits per heavy atom. The summed E-state index contributed by atoms with van der Waals surface area (Å²) >= 11 is 0. The minimum atomic E-state index is 0.0820. The third-order valence-corrected chi connectivity index (χ3v) is 3.92. The van der Waals surface area contributed by atoms with E-state index in [1.54, 1.807) is 18.5 Å². The van der Waals surface area contributed by atoms with E-state index in [0.717, 1.165) is 32.4 Å². The van der Waals surface area contributed by atoms with Gasteiger partial charge < -0.3 is 9.32 Å². The van der Waals surface area contributed by atoms with Crippen molar-refractivity contribution in [1.29, 1.82) is 0 Å². The van der Waals surface area contributed by atoms with Crippen LogP contribution < -0.4 is 0 Å². The van der Waals surface area contributed by atoms with Gasteiger partial charge in [0, 0.05) is 25.5 Å². The van der Waals surface area contributed by atoms with E-state index in [2.05, 4.69) is 11.1 Å². The number of hydrogen-bond acceptors (Lipinski definition) is 3. The summed E-state index contributed by atoms with van der Waals surface area (Å²) in [5, 5.41) is 0. The Morgan fingerprint density at radius 1 is 1.35 bits per heavy atom. The SMILES string of the molecule is O=C(c1ccoc1)N1CCC(Cc2cccnc2)CC1. The van der Waals surface area contributed by atoms with Gasteiger partial charge in [-0.15, -0.1) is 0 Å². The van der Waals surface area contributed by atoms with Crippen molar-refractivity contribution >= 4 is 5.91 Å². The number of amides is 1. The highest BCUT2D eigenvalue weighted by molar-refractivity contribution is 5.93. The summed E-state index contributed by atoms with van der Waals surface area (Å²) in [4.78, 5) is 18.3. The van der Waals surface area contributed by atoms with Gasteiger partial charge in [-0.3, -0.25) is 9.78 Å². The second-order valence-corrected chi connectivity index (χ2v) is 5.31. The summed E-state index contributed by atoms with van der Waals surface area (Å²) in [6, 6.07) is 5.83. The Hall–Kier alpha value is -2.10. The molecule has 1 aliphatic rings. The van der Waals surface area contributed by atoms with Crippen LogP contribution in [-0.4, -0.2) is 28.9 Å². The minimum absolute atomic E-state index is 0.0820. The number of carbonyl (C=O) groups is 1. The van der Waals surface area contributed by atoms with Gasteiger partial charge in [0.05, 0.1) is 11.8 Å². The molecule has 0 radical (unpaired) electrons. The number of aromatic nitrogens is 1. The number of carbonyl (C=O) groups excluding carboxylic acids is 1. The van der Waals surface area contributed by atoms with Crippen LogP contribution in [0.2, 0.25) is 0 Å². The predicted molar refractivity (Wildman–Crippen MR) is 75.3 cm³/mol. The molecule has 2 aromatic rings. The number of pyridine rings is 1. The van der Waals surface area contributed by atoms with E-state index in [0.29, 0.717) is 11.5 Å². The molecule has 1 amide bonds. The van der Waals surface area contributed by atoms with Gasteiger partial charge in [-0.2, -0.15) is 0 Å². The highest BCUT2D eigenvalue weighted by Gasteiger charge is 2.24. The molecule has 0 bridgehead atoms. The number of likely N-dealkylation sites (tertiary alicyclic amines) is 1. The van der Waals surface area contributed by atoms with Gasteiger partial charge in [0.15, 0.2) is 0 Å². The lowest BCUT2D eigenvalue weighted by Crippen LogP contribution is -2.38. The number of hydrogen-bond donors (Lipinski definition) is 0. The lowest BCUT2D eigenvalue weighted by molar-refractivity contribution is 0.0690. The van der Waals surface area contributed by atoms with E-state index in [9.17, 15) is 4.79 Å². The average molecular weight is 270 g/mol. The van der Waals surface area contributed by atoms with Crippen molar-refractivity contribution in [3.63, 3.8) is 0 Å². The molecule has 0 aromatic carbocycles. The molecule has 1 aliphatic heterocycles. The molecule has 4 heteroatoms. The normalized spacial score (nSPS) is 16.3. The van der Waals surface area contributed by atoms with Crippen molar-refractivity contribution in [2.45, 2.75) is 19.3 Å².